The molecule has 1 aliphatic carbocycles. The van der Waals surface area contributed by atoms with Gasteiger partial charge in [-0.2, -0.15) is 0 Å². The Morgan fingerprint density at radius 2 is 2.11 bits per heavy atom. The van der Waals surface area contributed by atoms with Crippen LogP contribution < -0.4 is 11.3 Å². The summed E-state index contributed by atoms with van der Waals surface area (Å²) in [4.78, 5) is 23.7. The number of fused-ring (bicyclic) bond motifs is 4. The second-order valence-corrected chi connectivity index (χ2v) is 6.20. The molecule has 1 aliphatic heterocycles. The summed E-state index contributed by atoms with van der Waals surface area (Å²) in [7, 11) is 0. The van der Waals surface area contributed by atoms with E-state index in [2.05, 4.69) is 9.98 Å². The van der Waals surface area contributed by atoms with E-state index in [1.165, 1.54) is 23.3 Å². The quantitative estimate of drug-likeness (QED) is 0.784. The zero-order valence-electron chi connectivity index (χ0n) is 10.5. The number of nitrogens with zero attached hydrogens (tertiary/aromatic N) is 3. The molecular weight excluding hydrogens is 260 g/mol. The molecule has 2 N–H and O–H groups in total. The van der Waals surface area contributed by atoms with Gasteiger partial charge in [0.25, 0.3) is 5.56 Å². The van der Waals surface area contributed by atoms with E-state index in [9.17, 15) is 4.79 Å². The Hall–Kier alpha value is -1.69. The fraction of sp³-hybridized carbons (Fsp3) is 0.462. The summed E-state index contributed by atoms with van der Waals surface area (Å²) in [5, 5.41) is 0.832. The second-order valence-electron chi connectivity index (χ2n) is 5.12. The van der Waals surface area contributed by atoms with Crippen molar-refractivity contribution in [2.24, 2.45) is 10.7 Å². The third-order valence-electron chi connectivity index (χ3n) is 3.90. The number of rotatable bonds is 0. The fourth-order valence-corrected chi connectivity index (χ4v) is 4.22. The molecule has 0 fully saturated rings. The molecule has 98 valence electrons. The molecule has 0 atom stereocenters. The van der Waals surface area contributed by atoms with E-state index in [-0.39, 0.29) is 5.56 Å². The van der Waals surface area contributed by atoms with E-state index < -0.39 is 0 Å². The van der Waals surface area contributed by atoms with Crippen molar-refractivity contribution in [3.63, 3.8) is 0 Å². The lowest BCUT2D eigenvalue weighted by Crippen LogP contribution is -2.34. The molecule has 19 heavy (non-hydrogen) atoms. The van der Waals surface area contributed by atoms with Gasteiger partial charge in [-0.3, -0.25) is 14.4 Å². The summed E-state index contributed by atoms with van der Waals surface area (Å²) >= 11 is 1.68. The van der Waals surface area contributed by atoms with Crippen molar-refractivity contribution in [1.29, 1.82) is 0 Å². The minimum Gasteiger partial charge on any atom is -0.386 e. The third kappa shape index (κ3) is 1.56. The molecule has 2 aliphatic rings. The average Bonchev–Trinajstić information content (AvgIpc) is 2.78. The highest BCUT2D eigenvalue weighted by atomic mass is 32.1. The second kappa shape index (κ2) is 3.90. The van der Waals surface area contributed by atoms with Crippen LogP contribution in [0.3, 0.4) is 0 Å². The summed E-state index contributed by atoms with van der Waals surface area (Å²) in [5.41, 5.74) is 7.04. The number of aryl methyl sites for hydroxylation is 2. The zero-order chi connectivity index (χ0) is 13.0. The average molecular weight is 274 g/mol. The van der Waals surface area contributed by atoms with Crippen molar-refractivity contribution in [2.45, 2.75) is 38.8 Å². The van der Waals surface area contributed by atoms with Crippen LogP contribution in [0, 0.1) is 0 Å². The summed E-state index contributed by atoms with van der Waals surface area (Å²) in [6, 6.07) is 0. The van der Waals surface area contributed by atoms with Crippen molar-refractivity contribution in [1.82, 2.24) is 9.55 Å². The number of aliphatic imine (C=N–C) groups is 1. The maximum atomic E-state index is 12.7. The predicted molar refractivity (Wildman–Crippen MR) is 75.8 cm³/mol. The first-order chi connectivity index (χ1) is 9.24. The van der Waals surface area contributed by atoms with Gasteiger partial charge in [0.2, 0.25) is 0 Å². The molecule has 0 unspecified atom stereocenters. The highest BCUT2D eigenvalue weighted by Gasteiger charge is 2.23. The van der Waals surface area contributed by atoms with Gasteiger partial charge in [-0.1, -0.05) is 0 Å². The Bertz CT molecular complexity index is 771. The number of hydrogen-bond acceptors (Lipinski definition) is 5. The maximum Gasteiger partial charge on any atom is 0.263 e. The van der Waals surface area contributed by atoms with E-state index in [4.69, 9.17) is 5.73 Å². The van der Waals surface area contributed by atoms with Gasteiger partial charge in [-0.15, -0.1) is 11.3 Å². The van der Waals surface area contributed by atoms with Crippen LogP contribution in [0.4, 0.5) is 0 Å². The van der Waals surface area contributed by atoms with Gasteiger partial charge in [0.05, 0.1) is 18.5 Å². The summed E-state index contributed by atoms with van der Waals surface area (Å²) < 4.78 is 1.69. The Balaban J connectivity index is 2.04. The SMILES string of the molecule is NC1=NCc2nc3sc4c(c3c(=O)n2C1)CCCC4. The lowest BCUT2D eigenvalue weighted by molar-refractivity contribution is 0.672. The molecule has 2 aromatic heterocycles. The van der Waals surface area contributed by atoms with Crippen LogP contribution in [0.25, 0.3) is 10.2 Å². The number of thiophene rings is 1. The fourth-order valence-electron chi connectivity index (χ4n) is 2.95. The minimum atomic E-state index is 0.0669. The monoisotopic (exact) mass is 274 g/mol. The molecule has 0 radical (unpaired) electrons. The van der Waals surface area contributed by atoms with Crippen LogP contribution in [-0.4, -0.2) is 15.4 Å². The third-order valence-corrected chi connectivity index (χ3v) is 5.08. The van der Waals surface area contributed by atoms with Gasteiger partial charge in [0.1, 0.15) is 16.5 Å². The van der Waals surface area contributed by atoms with E-state index in [1.807, 2.05) is 0 Å². The Morgan fingerprint density at radius 3 is 3.00 bits per heavy atom. The van der Waals surface area contributed by atoms with Crippen molar-refractivity contribution in [2.75, 3.05) is 0 Å². The summed E-state index contributed by atoms with van der Waals surface area (Å²) in [6.45, 7) is 0.793. The smallest absolute Gasteiger partial charge is 0.263 e. The van der Waals surface area contributed by atoms with Crippen LogP contribution in [0.1, 0.15) is 29.1 Å². The van der Waals surface area contributed by atoms with Crippen molar-refractivity contribution in [3.05, 3.63) is 26.6 Å². The molecule has 0 bridgehead atoms. The predicted octanol–water partition coefficient (Wildman–Crippen LogP) is 1.21. The van der Waals surface area contributed by atoms with Gasteiger partial charge in [-0.05, 0) is 31.2 Å². The lowest BCUT2D eigenvalue weighted by Gasteiger charge is -2.16. The van der Waals surface area contributed by atoms with E-state index in [0.717, 1.165) is 28.9 Å². The first kappa shape index (κ1) is 11.2. The molecule has 0 amide bonds. The Labute approximate surface area is 113 Å². The van der Waals surface area contributed by atoms with Crippen LogP contribution >= 0.6 is 11.3 Å². The Morgan fingerprint density at radius 1 is 1.26 bits per heavy atom. The largest absolute Gasteiger partial charge is 0.386 e. The van der Waals surface area contributed by atoms with Crippen molar-refractivity contribution in [3.8, 4) is 0 Å². The lowest BCUT2D eigenvalue weighted by atomic mass is 9.97. The Kier molecular flexibility index (Phi) is 2.29. The van der Waals surface area contributed by atoms with Crippen molar-refractivity contribution >= 4 is 27.4 Å². The molecule has 2 aromatic rings. The topological polar surface area (TPSA) is 73.3 Å². The molecule has 0 saturated carbocycles. The van der Waals surface area contributed by atoms with Gasteiger partial charge in [-0.25, -0.2) is 4.98 Å². The first-order valence-corrected chi connectivity index (χ1v) is 7.38. The van der Waals surface area contributed by atoms with E-state index in [1.54, 1.807) is 15.9 Å². The van der Waals surface area contributed by atoms with Crippen LogP contribution in [-0.2, 0) is 25.9 Å². The van der Waals surface area contributed by atoms with E-state index >= 15 is 0 Å². The highest BCUT2D eigenvalue weighted by Crippen LogP contribution is 2.33. The molecule has 0 saturated heterocycles. The van der Waals surface area contributed by atoms with Crippen LogP contribution in [0.2, 0.25) is 0 Å². The van der Waals surface area contributed by atoms with Gasteiger partial charge >= 0.3 is 0 Å². The number of aromatic nitrogens is 2. The van der Waals surface area contributed by atoms with Gasteiger partial charge in [0.15, 0.2) is 0 Å². The molecule has 0 spiro atoms. The molecule has 4 rings (SSSR count). The van der Waals surface area contributed by atoms with Crippen LogP contribution in [0.5, 0.6) is 0 Å². The minimum absolute atomic E-state index is 0.0669. The van der Waals surface area contributed by atoms with Crippen LogP contribution in [0.15, 0.2) is 9.79 Å². The maximum absolute atomic E-state index is 12.7. The number of nitrogens with two attached hydrogens (primary N) is 1. The number of hydrogen-bond donors (Lipinski definition) is 1. The molecule has 3 heterocycles. The molecule has 5 nitrogen and oxygen atoms in total. The summed E-state index contributed by atoms with van der Waals surface area (Å²) in [5.74, 6) is 1.25. The van der Waals surface area contributed by atoms with Gasteiger partial charge < -0.3 is 5.73 Å². The summed E-state index contributed by atoms with van der Waals surface area (Å²) in [6.07, 6.45) is 4.49. The highest BCUT2D eigenvalue weighted by molar-refractivity contribution is 7.18. The first-order valence-electron chi connectivity index (χ1n) is 6.57. The normalized spacial score (nSPS) is 18.0. The zero-order valence-corrected chi connectivity index (χ0v) is 11.3. The number of amidine groups is 1. The molecule has 0 aromatic carbocycles. The molecular formula is C13H14N4OS. The van der Waals surface area contributed by atoms with Gasteiger partial charge in [0, 0.05) is 4.88 Å². The molecule has 6 heteroatoms. The standard InChI is InChI=1S/C13H14N4OS/c14-9-6-17-10(5-15-9)16-12-11(13(17)18)7-3-1-2-4-8(7)19-12/h1-6H2,(H2,14,15). The van der Waals surface area contributed by atoms with Crippen molar-refractivity contribution < 1.29 is 0 Å². The van der Waals surface area contributed by atoms with E-state index in [0.29, 0.717) is 18.9 Å².